The summed E-state index contributed by atoms with van der Waals surface area (Å²) in [5.41, 5.74) is 0.943. The lowest BCUT2D eigenvalue weighted by molar-refractivity contribution is -0.135. The molecule has 4 aromatic rings. The third-order valence-corrected chi connectivity index (χ3v) is 7.87. The Labute approximate surface area is 223 Å². The quantitative estimate of drug-likeness (QED) is 0.346. The average Bonchev–Trinajstić information content (AvgIpc) is 3.69. The summed E-state index contributed by atoms with van der Waals surface area (Å²) in [6.07, 6.45) is 0.938. The molecule has 0 spiro atoms. The van der Waals surface area contributed by atoms with E-state index < -0.39 is 11.2 Å². The van der Waals surface area contributed by atoms with Crippen LogP contribution in [0.25, 0.3) is 21.8 Å². The fraction of sp³-hybridized carbons (Fsp3) is 0.345. The Morgan fingerprint density at radius 2 is 1.67 bits per heavy atom. The van der Waals surface area contributed by atoms with E-state index in [4.69, 9.17) is 0 Å². The molecule has 4 heterocycles. The van der Waals surface area contributed by atoms with Crippen molar-refractivity contribution in [2.75, 3.05) is 19.6 Å². The van der Waals surface area contributed by atoms with Gasteiger partial charge in [-0.15, -0.1) is 0 Å². The van der Waals surface area contributed by atoms with Crippen LogP contribution in [0.1, 0.15) is 47.7 Å². The van der Waals surface area contributed by atoms with E-state index in [-0.39, 0.29) is 59.8 Å². The average molecular weight is 534 g/mol. The predicted octanol–water partition coefficient (Wildman–Crippen LogP) is 4.20. The highest BCUT2D eigenvalue weighted by Crippen LogP contribution is 2.34. The standard InChI is InChI=1S/C29H29F2N5O3/c1-29(2,15-32-27(38)23-9-16-5-3-7-21(31)26(16)34-23)12-25(37)35-13-18-10-17(35)14-36(18)28(39)24-11-19-20(30)6-4-8-22(19)33-24/h3-9,11,17-18,33-34H,10,12-15H2,1-2H3,(H,32,38)/t17-,18-/m0/s1. The summed E-state index contributed by atoms with van der Waals surface area (Å²) in [7, 11) is 0. The second-order valence-corrected chi connectivity index (χ2v) is 11.3. The summed E-state index contributed by atoms with van der Waals surface area (Å²) >= 11 is 0. The first-order valence-electron chi connectivity index (χ1n) is 13.0. The van der Waals surface area contributed by atoms with Crippen molar-refractivity contribution in [3.05, 3.63) is 71.6 Å². The van der Waals surface area contributed by atoms with Gasteiger partial charge in [0.15, 0.2) is 0 Å². The number of nitrogens with zero attached hydrogens (tertiary/aromatic N) is 2. The number of hydrogen-bond acceptors (Lipinski definition) is 3. The minimum Gasteiger partial charge on any atom is -0.350 e. The molecular weight excluding hydrogens is 504 g/mol. The number of nitrogens with one attached hydrogen (secondary N) is 3. The van der Waals surface area contributed by atoms with Gasteiger partial charge in [-0.2, -0.15) is 0 Å². The van der Waals surface area contributed by atoms with Crippen molar-refractivity contribution >= 4 is 39.5 Å². The monoisotopic (exact) mass is 533 g/mol. The van der Waals surface area contributed by atoms with Crippen molar-refractivity contribution in [2.24, 2.45) is 5.41 Å². The molecule has 39 heavy (non-hydrogen) atoms. The molecule has 2 aromatic heterocycles. The summed E-state index contributed by atoms with van der Waals surface area (Å²) < 4.78 is 28.0. The first kappa shape index (κ1) is 25.1. The van der Waals surface area contributed by atoms with Gasteiger partial charge in [0.2, 0.25) is 5.91 Å². The van der Waals surface area contributed by atoms with Crippen molar-refractivity contribution in [3.63, 3.8) is 0 Å². The Morgan fingerprint density at radius 1 is 0.949 bits per heavy atom. The van der Waals surface area contributed by atoms with Crippen LogP contribution in [0.3, 0.4) is 0 Å². The summed E-state index contributed by atoms with van der Waals surface area (Å²) in [4.78, 5) is 48.5. The number of amides is 3. The molecule has 3 amide bonds. The smallest absolute Gasteiger partial charge is 0.270 e. The van der Waals surface area contributed by atoms with Gasteiger partial charge in [-0.05, 0) is 42.2 Å². The predicted molar refractivity (Wildman–Crippen MR) is 142 cm³/mol. The van der Waals surface area contributed by atoms with E-state index in [1.807, 2.05) is 18.7 Å². The number of hydrogen-bond donors (Lipinski definition) is 3. The maximum atomic E-state index is 14.1. The Morgan fingerprint density at radius 3 is 2.38 bits per heavy atom. The molecule has 6 rings (SSSR count). The minimum atomic E-state index is -0.518. The number of aromatic amines is 2. The van der Waals surface area contributed by atoms with E-state index in [0.717, 1.165) is 0 Å². The molecule has 202 valence electrons. The van der Waals surface area contributed by atoms with Gasteiger partial charge < -0.3 is 25.1 Å². The molecule has 0 aliphatic carbocycles. The summed E-state index contributed by atoms with van der Waals surface area (Å²) in [6.45, 7) is 4.97. The van der Waals surface area contributed by atoms with Crippen molar-refractivity contribution < 1.29 is 23.2 Å². The molecule has 2 aliphatic rings. The number of para-hydroxylation sites is 1. The highest BCUT2D eigenvalue weighted by atomic mass is 19.1. The fourth-order valence-corrected chi connectivity index (χ4v) is 5.84. The maximum absolute atomic E-state index is 14.1. The highest BCUT2D eigenvalue weighted by Gasteiger charge is 2.47. The number of halogens is 2. The zero-order valence-corrected chi connectivity index (χ0v) is 21.7. The van der Waals surface area contributed by atoms with E-state index in [1.54, 1.807) is 41.3 Å². The number of fused-ring (bicyclic) bond motifs is 4. The van der Waals surface area contributed by atoms with Gasteiger partial charge in [0, 0.05) is 42.3 Å². The van der Waals surface area contributed by atoms with E-state index >= 15 is 0 Å². The van der Waals surface area contributed by atoms with Crippen LogP contribution in [0, 0.1) is 17.0 Å². The molecule has 2 aromatic carbocycles. The van der Waals surface area contributed by atoms with E-state index in [0.29, 0.717) is 41.5 Å². The number of carbonyl (C=O) groups is 3. The van der Waals surface area contributed by atoms with Gasteiger partial charge in [0.1, 0.15) is 23.0 Å². The first-order valence-corrected chi connectivity index (χ1v) is 13.0. The van der Waals surface area contributed by atoms with Crippen LogP contribution in [0.15, 0.2) is 48.5 Å². The minimum absolute atomic E-state index is 0.0192. The first-order chi connectivity index (χ1) is 18.6. The molecule has 0 radical (unpaired) electrons. The third-order valence-electron chi connectivity index (χ3n) is 7.87. The van der Waals surface area contributed by atoms with Gasteiger partial charge in [-0.3, -0.25) is 14.4 Å². The lowest BCUT2D eigenvalue weighted by Gasteiger charge is -2.36. The highest BCUT2D eigenvalue weighted by molar-refractivity contribution is 5.99. The molecule has 2 bridgehead atoms. The van der Waals surface area contributed by atoms with Gasteiger partial charge >= 0.3 is 0 Å². The van der Waals surface area contributed by atoms with Crippen LogP contribution in [0.2, 0.25) is 0 Å². The summed E-state index contributed by atoms with van der Waals surface area (Å²) in [5.74, 6) is -1.37. The largest absolute Gasteiger partial charge is 0.350 e. The van der Waals surface area contributed by atoms with Gasteiger partial charge in [-0.1, -0.05) is 32.0 Å². The van der Waals surface area contributed by atoms with Gasteiger partial charge in [0.05, 0.1) is 17.6 Å². The Hall–Kier alpha value is -4.21. The zero-order chi connectivity index (χ0) is 27.5. The topological polar surface area (TPSA) is 101 Å². The number of aromatic nitrogens is 2. The molecule has 2 aliphatic heterocycles. The van der Waals surface area contributed by atoms with E-state index in [9.17, 15) is 23.2 Å². The van der Waals surface area contributed by atoms with Gasteiger partial charge in [0.25, 0.3) is 11.8 Å². The molecule has 10 heteroatoms. The summed E-state index contributed by atoms with van der Waals surface area (Å²) in [6, 6.07) is 12.3. The van der Waals surface area contributed by atoms with Crippen LogP contribution in [0.4, 0.5) is 8.78 Å². The number of benzene rings is 2. The molecule has 0 saturated carbocycles. The molecule has 3 N–H and O–H groups in total. The lowest BCUT2D eigenvalue weighted by Crippen LogP contribution is -2.51. The number of likely N-dealkylation sites (tertiary alicyclic amines) is 2. The van der Waals surface area contributed by atoms with Crippen molar-refractivity contribution in [1.29, 1.82) is 0 Å². The Balaban J connectivity index is 1.05. The maximum Gasteiger partial charge on any atom is 0.270 e. The lowest BCUT2D eigenvalue weighted by atomic mass is 9.88. The second-order valence-electron chi connectivity index (χ2n) is 11.3. The molecular formula is C29H29F2N5O3. The van der Waals surface area contributed by atoms with Crippen molar-refractivity contribution in [2.45, 2.75) is 38.8 Å². The molecule has 2 saturated heterocycles. The Kier molecular flexibility index (Phi) is 5.93. The van der Waals surface area contributed by atoms with Crippen molar-refractivity contribution in [3.8, 4) is 0 Å². The molecule has 2 fully saturated rings. The van der Waals surface area contributed by atoms with Crippen LogP contribution >= 0.6 is 0 Å². The number of piperazine rings is 1. The third kappa shape index (κ3) is 4.53. The SMILES string of the molecule is CC(C)(CNC(=O)c1cc2cccc(F)c2[nH]1)CC(=O)N1C[C@@H]2C[C@H]1CN2C(=O)c1cc2c(F)cccc2[nH]1. The second kappa shape index (κ2) is 9.21. The van der Waals surface area contributed by atoms with Crippen molar-refractivity contribution in [1.82, 2.24) is 25.1 Å². The Bertz CT molecular complexity index is 1620. The van der Waals surface area contributed by atoms with Crippen LogP contribution in [0.5, 0.6) is 0 Å². The molecule has 0 unspecified atom stereocenters. The zero-order valence-electron chi connectivity index (χ0n) is 21.7. The van der Waals surface area contributed by atoms with Crippen LogP contribution < -0.4 is 5.32 Å². The number of carbonyl (C=O) groups excluding carboxylic acids is 3. The molecule has 2 atom stereocenters. The normalized spacial score (nSPS) is 18.9. The van der Waals surface area contributed by atoms with Crippen LogP contribution in [-0.2, 0) is 4.79 Å². The number of H-pyrrole nitrogens is 2. The van der Waals surface area contributed by atoms with E-state index in [1.165, 1.54) is 12.1 Å². The van der Waals surface area contributed by atoms with E-state index in [2.05, 4.69) is 15.3 Å². The van der Waals surface area contributed by atoms with Gasteiger partial charge in [-0.25, -0.2) is 8.78 Å². The fourth-order valence-electron chi connectivity index (χ4n) is 5.84. The summed E-state index contributed by atoms with van der Waals surface area (Å²) in [5, 5.41) is 3.85. The molecule has 8 nitrogen and oxygen atoms in total. The van der Waals surface area contributed by atoms with Crippen LogP contribution in [-0.4, -0.2) is 69.2 Å². The number of rotatable bonds is 6.